The number of hydrogen-bond acceptors (Lipinski definition) is 5. The first-order chi connectivity index (χ1) is 12.0. The molecule has 6 nitrogen and oxygen atoms in total. The van der Waals surface area contributed by atoms with E-state index in [0.29, 0.717) is 11.9 Å². The number of nitrogens with zero attached hydrogens (tertiary/aromatic N) is 5. The number of morpholine rings is 1. The second-order valence-corrected chi connectivity index (χ2v) is 7.56. The molecule has 3 rings (SSSR count). The van der Waals surface area contributed by atoms with Crippen LogP contribution in [-0.2, 0) is 11.3 Å². The quantitative estimate of drug-likeness (QED) is 0.723. The van der Waals surface area contributed by atoms with E-state index in [4.69, 9.17) is 4.74 Å². The van der Waals surface area contributed by atoms with Crippen LogP contribution in [0.3, 0.4) is 0 Å². The summed E-state index contributed by atoms with van der Waals surface area (Å²) >= 11 is 0. The van der Waals surface area contributed by atoms with Gasteiger partial charge in [-0.2, -0.15) is 4.80 Å². The molecule has 0 amide bonds. The van der Waals surface area contributed by atoms with Crippen LogP contribution < -0.4 is 0 Å². The van der Waals surface area contributed by atoms with Crippen molar-refractivity contribution < 1.29 is 4.74 Å². The van der Waals surface area contributed by atoms with Crippen LogP contribution in [-0.4, -0.2) is 56.4 Å². The van der Waals surface area contributed by atoms with Crippen molar-refractivity contribution in [3.63, 3.8) is 0 Å². The van der Waals surface area contributed by atoms with Gasteiger partial charge in [0, 0.05) is 18.7 Å². The number of tetrazole rings is 1. The summed E-state index contributed by atoms with van der Waals surface area (Å²) in [6.45, 7) is 10.5. The molecule has 1 aromatic carbocycles. The topological polar surface area (TPSA) is 56.1 Å². The molecule has 1 aliphatic heterocycles. The van der Waals surface area contributed by atoms with E-state index < -0.39 is 0 Å². The van der Waals surface area contributed by atoms with E-state index in [0.717, 1.165) is 38.2 Å². The van der Waals surface area contributed by atoms with Gasteiger partial charge < -0.3 is 4.74 Å². The second-order valence-electron chi connectivity index (χ2n) is 7.56. The Labute approximate surface area is 150 Å². The molecule has 2 heterocycles. The van der Waals surface area contributed by atoms with Crippen LogP contribution >= 0.6 is 0 Å². The van der Waals surface area contributed by atoms with E-state index in [2.05, 4.69) is 41.1 Å². The number of aryl methyl sites for hydroxylation is 1. The van der Waals surface area contributed by atoms with Gasteiger partial charge in [0.1, 0.15) is 0 Å². The number of ether oxygens (including phenoxy) is 1. The molecule has 0 spiro atoms. The SMILES string of the molecule is CC1CN(CCCCCn2nnc(-c3ccccc3)n2)CC(C)(C)O1. The van der Waals surface area contributed by atoms with Crippen molar-refractivity contribution in [2.45, 2.75) is 58.3 Å². The Bertz CT molecular complexity index is 655. The van der Waals surface area contributed by atoms with Crippen molar-refractivity contribution in [3.8, 4) is 11.4 Å². The van der Waals surface area contributed by atoms with Crippen molar-refractivity contribution in [2.24, 2.45) is 0 Å². The van der Waals surface area contributed by atoms with Gasteiger partial charge in [0.05, 0.1) is 18.2 Å². The van der Waals surface area contributed by atoms with Gasteiger partial charge in [-0.25, -0.2) is 0 Å². The third kappa shape index (κ3) is 5.34. The summed E-state index contributed by atoms with van der Waals surface area (Å²) in [7, 11) is 0. The van der Waals surface area contributed by atoms with E-state index >= 15 is 0 Å². The van der Waals surface area contributed by atoms with E-state index in [-0.39, 0.29) is 5.60 Å². The lowest BCUT2D eigenvalue weighted by molar-refractivity contribution is -0.128. The Morgan fingerprint density at radius 1 is 1.12 bits per heavy atom. The number of unbranched alkanes of at least 4 members (excludes halogenated alkanes) is 2. The minimum absolute atomic E-state index is 0.0316. The van der Waals surface area contributed by atoms with Gasteiger partial charge in [0.15, 0.2) is 0 Å². The summed E-state index contributed by atoms with van der Waals surface area (Å²) in [4.78, 5) is 4.23. The van der Waals surface area contributed by atoms with Crippen LogP contribution in [0.25, 0.3) is 11.4 Å². The highest BCUT2D eigenvalue weighted by molar-refractivity contribution is 5.52. The molecule has 1 aliphatic rings. The standard InChI is InChI=1S/C19H29N5O/c1-16-14-23(15-19(2,3)25-16)12-8-5-9-13-24-21-18(20-22-24)17-10-6-4-7-11-17/h4,6-7,10-11,16H,5,8-9,12-15H2,1-3H3. The lowest BCUT2D eigenvalue weighted by Crippen LogP contribution is -2.51. The summed E-state index contributed by atoms with van der Waals surface area (Å²) in [5.74, 6) is 0.699. The van der Waals surface area contributed by atoms with Crippen LogP contribution in [0.1, 0.15) is 40.0 Å². The van der Waals surface area contributed by atoms with Gasteiger partial charge in [-0.15, -0.1) is 10.2 Å². The summed E-state index contributed by atoms with van der Waals surface area (Å²) < 4.78 is 5.96. The normalized spacial score (nSPS) is 20.7. The monoisotopic (exact) mass is 343 g/mol. The average molecular weight is 343 g/mol. The molecule has 25 heavy (non-hydrogen) atoms. The van der Waals surface area contributed by atoms with E-state index in [1.54, 1.807) is 4.80 Å². The van der Waals surface area contributed by atoms with Crippen molar-refractivity contribution in [1.82, 2.24) is 25.1 Å². The van der Waals surface area contributed by atoms with E-state index in [9.17, 15) is 0 Å². The molecule has 1 aromatic heterocycles. The van der Waals surface area contributed by atoms with Crippen molar-refractivity contribution in [1.29, 1.82) is 0 Å². The number of benzene rings is 1. The molecule has 0 bridgehead atoms. The fourth-order valence-corrected chi connectivity index (χ4v) is 3.56. The predicted octanol–water partition coefficient (Wildman–Crippen LogP) is 3.01. The molecule has 0 aliphatic carbocycles. The Morgan fingerprint density at radius 3 is 2.64 bits per heavy atom. The van der Waals surface area contributed by atoms with Crippen LogP contribution in [0, 0.1) is 0 Å². The molecule has 6 heteroatoms. The molecular formula is C19H29N5O. The highest BCUT2D eigenvalue weighted by atomic mass is 16.5. The van der Waals surface area contributed by atoms with Crippen LogP contribution in [0.5, 0.6) is 0 Å². The van der Waals surface area contributed by atoms with Gasteiger partial charge >= 0.3 is 0 Å². The van der Waals surface area contributed by atoms with Crippen LogP contribution in [0.15, 0.2) is 30.3 Å². The van der Waals surface area contributed by atoms with E-state index in [1.807, 2.05) is 30.3 Å². The van der Waals surface area contributed by atoms with Gasteiger partial charge in [-0.3, -0.25) is 4.90 Å². The first-order valence-corrected chi connectivity index (χ1v) is 9.25. The van der Waals surface area contributed by atoms with Crippen LogP contribution in [0.4, 0.5) is 0 Å². The fraction of sp³-hybridized carbons (Fsp3) is 0.632. The lowest BCUT2D eigenvalue weighted by atomic mass is 10.1. The minimum Gasteiger partial charge on any atom is -0.370 e. The van der Waals surface area contributed by atoms with Gasteiger partial charge in [0.25, 0.3) is 0 Å². The highest BCUT2D eigenvalue weighted by Crippen LogP contribution is 2.21. The minimum atomic E-state index is -0.0316. The smallest absolute Gasteiger partial charge is 0.204 e. The van der Waals surface area contributed by atoms with Crippen molar-refractivity contribution >= 4 is 0 Å². The molecule has 0 radical (unpaired) electrons. The zero-order valence-corrected chi connectivity index (χ0v) is 15.6. The maximum absolute atomic E-state index is 5.96. The molecule has 2 aromatic rings. The van der Waals surface area contributed by atoms with E-state index in [1.165, 1.54) is 12.8 Å². The summed E-state index contributed by atoms with van der Waals surface area (Å²) in [5, 5.41) is 12.8. The predicted molar refractivity (Wildman–Crippen MR) is 98.2 cm³/mol. The summed E-state index contributed by atoms with van der Waals surface area (Å²) in [6, 6.07) is 9.98. The molecular weight excluding hydrogens is 314 g/mol. The first kappa shape index (κ1) is 18.0. The third-order valence-corrected chi connectivity index (χ3v) is 4.46. The molecule has 0 N–H and O–H groups in total. The zero-order valence-electron chi connectivity index (χ0n) is 15.6. The molecule has 1 atom stereocenters. The fourth-order valence-electron chi connectivity index (χ4n) is 3.56. The van der Waals surface area contributed by atoms with Gasteiger partial charge in [-0.05, 0) is 45.4 Å². The molecule has 1 unspecified atom stereocenters. The average Bonchev–Trinajstić information content (AvgIpc) is 3.02. The summed E-state index contributed by atoms with van der Waals surface area (Å²) in [5.41, 5.74) is 0.980. The highest BCUT2D eigenvalue weighted by Gasteiger charge is 2.30. The van der Waals surface area contributed by atoms with Gasteiger partial charge in [0.2, 0.25) is 5.82 Å². The number of hydrogen-bond donors (Lipinski definition) is 0. The Morgan fingerprint density at radius 2 is 1.88 bits per heavy atom. The Hall–Kier alpha value is -1.79. The largest absolute Gasteiger partial charge is 0.370 e. The molecule has 136 valence electrons. The number of aromatic nitrogens is 4. The Balaban J connectivity index is 1.37. The second kappa shape index (κ2) is 8.06. The van der Waals surface area contributed by atoms with Gasteiger partial charge in [-0.1, -0.05) is 36.8 Å². The zero-order chi connectivity index (χ0) is 17.7. The maximum Gasteiger partial charge on any atom is 0.204 e. The maximum atomic E-state index is 5.96. The molecule has 1 fully saturated rings. The first-order valence-electron chi connectivity index (χ1n) is 9.25. The van der Waals surface area contributed by atoms with Crippen molar-refractivity contribution in [3.05, 3.63) is 30.3 Å². The molecule has 0 saturated carbocycles. The summed E-state index contributed by atoms with van der Waals surface area (Å²) in [6.07, 6.45) is 3.77. The van der Waals surface area contributed by atoms with Crippen LogP contribution in [0.2, 0.25) is 0 Å². The Kier molecular flexibility index (Phi) is 5.81. The van der Waals surface area contributed by atoms with Crippen molar-refractivity contribution in [2.75, 3.05) is 19.6 Å². The lowest BCUT2D eigenvalue weighted by Gasteiger charge is -2.41. The number of rotatable bonds is 7. The third-order valence-electron chi connectivity index (χ3n) is 4.46. The molecule has 1 saturated heterocycles.